The second kappa shape index (κ2) is 6.51. The van der Waals surface area contributed by atoms with Gasteiger partial charge in [-0.2, -0.15) is 0 Å². The summed E-state index contributed by atoms with van der Waals surface area (Å²) in [6.45, 7) is 5.91. The van der Waals surface area contributed by atoms with Crippen molar-refractivity contribution in [1.29, 1.82) is 0 Å². The van der Waals surface area contributed by atoms with Crippen LogP contribution in [0.5, 0.6) is 0 Å². The molecule has 0 unspecified atom stereocenters. The number of amides is 2. The molecule has 1 aliphatic rings. The average molecular weight is 226 g/mol. The zero-order valence-corrected chi connectivity index (χ0v) is 10.3. The standard InChI is InChI=1S/C12H22N2O2/c1-3-11-5-8-14(9-6-11)12(16)4-7-13-10(2)15/h11H,3-9H2,1-2H3,(H,13,15). The molecule has 1 heterocycles. The van der Waals surface area contributed by atoms with E-state index in [1.165, 1.54) is 13.3 Å². The van der Waals surface area contributed by atoms with Crippen LogP contribution in [0.15, 0.2) is 0 Å². The number of piperidine rings is 1. The Balaban J connectivity index is 2.20. The van der Waals surface area contributed by atoms with Crippen molar-refractivity contribution < 1.29 is 9.59 Å². The van der Waals surface area contributed by atoms with Crippen LogP contribution in [-0.4, -0.2) is 36.3 Å². The molecule has 4 heteroatoms. The van der Waals surface area contributed by atoms with E-state index in [2.05, 4.69) is 12.2 Å². The van der Waals surface area contributed by atoms with E-state index in [0.717, 1.165) is 31.8 Å². The summed E-state index contributed by atoms with van der Waals surface area (Å²) in [5.41, 5.74) is 0. The first-order valence-electron chi connectivity index (χ1n) is 6.15. The van der Waals surface area contributed by atoms with Crippen molar-refractivity contribution >= 4 is 11.8 Å². The lowest BCUT2D eigenvalue weighted by Crippen LogP contribution is -2.39. The van der Waals surface area contributed by atoms with Crippen molar-refractivity contribution in [3.05, 3.63) is 0 Å². The Morgan fingerprint density at radius 3 is 2.44 bits per heavy atom. The van der Waals surface area contributed by atoms with Gasteiger partial charge >= 0.3 is 0 Å². The molecule has 0 aromatic carbocycles. The van der Waals surface area contributed by atoms with Crippen LogP contribution in [0.25, 0.3) is 0 Å². The Hall–Kier alpha value is -1.06. The molecule has 0 spiro atoms. The van der Waals surface area contributed by atoms with Crippen LogP contribution in [0, 0.1) is 5.92 Å². The van der Waals surface area contributed by atoms with E-state index in [0.29, 0.717) is 13.0 Å². The fourth-order valence-electron chi connectivity index (χ4n) is 2.09. The van der Waals surface area contributed by atoms with E-state index in [9.17, 15) is 9.59 Å². The molecule has 1 fully saturated rings. The van der Waals surface area contributed by atoms with Crippen molar-refractivity contribution in [2.45, 2.75) is 39.5 Å². The molecule has 0 saturated carbocycles. The van der Waals surface area contributed by atoms with Gasteiger partial charge in [0.2, 0.25) is 11.8 Å². The zero-order valence-electron chi connectivity index (χ0n) is 10.3. The number of carbonyl (C=O) groups is 2. The maximum atomic E-state index is 11.7. The molecule has 0 bridgehead atoms. The third-order valence-electron chi connectivity index (χ3n) is 3.26. The minimum absolute atomic E-state index is 0.0718. The molecular formula is C12H22N2O2. The summed E-state index contributed by atoms with van der Waals surface area (Å²) in [6.07, 6.45) is 3.90. The lowest BCUT2D eigenvalue weighted by atomic mass is 9.94. The largest absolute Gasteiger partial charge is 0.356 e. The summed E-state index contributed by atoms with van der Waals surface area (Å²) in [7, 11) is 0. The molecule has 4 nitrogen and oxygen atoms in total. The molecule has 1 aliphatic heterocycles. The monoisotopic (exact) mass is 226 g/mol. The Morgan fingerprint density at radius 1 is 1.31 bits per heavy atom. The van der Waals surface area contributed by atoms with Gasteiger partial charge in [0.1, 0.15) is 0 Å². The lowest BCUT2D eigenvalue weighted by Gasteiger charge is -2.31. The summed E-state index contributed by atoms with van der Waals surface area (Å²) in [6, 6.07) is 0. The smallest absolute Gasteiger partial charge is 0.224 e. The van der Waals surface area contributed by atoms with Crippen molar-refractivity contribution in [1.82, 2.24) is 10.2 Å². The first-order valence-corrected chi connectivity index (χ1v) is 6.15. The van der Waals surface area contributed by atoms with E-state index < -0.39 is 0 Å². The van der Waals surface area contributed by atoms with Crippen LogP contribution in [0.3, 0.4) is 0 Å². The summed E-state index contributed by atoms with van der Waals surface area (Å²) >= 11 is 0. The number of nitrogens with zero attached hydrogens (tertiary/aromatic N) is 1. The fourth-order valence-corrected chi connectivity index (χ4v) is 2.09. The maximum Gasteiger partial charge on any atom is 0.224 e. The average Bonchev–Trinajstić information content (AvgIpc) is 2.28. The third kappa shape index (κ3) is 4.21. The van der Waals surface area contributed by atoms with Crippen molar-refractivity contribution in [3.63, 3.8) is 0 Å². The normalized spacial score (nSPS) is 17.2. The highest BCUT2D eigenvalue weighted by atomic mass is 16.2. The van der Waals surface area contributed by atoms with Crippen molar-refractivity contribution in [2.24, 2.45) is 5.92 Å². The van der Waals surface area contributed by atoms with Crippen LogP contribution in [0.4, 0.5) is 0 Å². The molecule has 1 rings (SSSR count). The lowest BCUT2D eigenvalue weighted by molar-refractivity contribution is -0.132. The molecular weight excluding hydrogens is 204 g/mol. The van der Waals surface area contributed by atoms with Gasteiger partial charge < -0.3 is 10.2 Å². The Labute approximate surface area is 97.4 Å². The highest BCUT2D eigenvalue weighted by Gasteiger charge is 2.21. The van der Waals surface area contributed by atoms with Gasteiger partial charge in [-0.25, -0.2) is 0 Å². The zero-order chi connectivity index (χ0) is 12.0. The number of likely N-dealkylation sites (tertiary alicyclic amines) is 1. The van der Waals surface area contributed by atoms with E-state index in [4.69, 9.17) is 0 Å². The number of carbonyl (C=O) groups excluding carboxylic acids is 2. The number of hydrogen-bond donors (Lipinski definition) is 1. The van der Waals surface area contributed by atoms with Gasteiger partial charge in [0.05, 0.1) is 0 Å². The molecule has 1 N–H and O–H groups in total. The SMILES string of the molecule is CCC1CCN(C(=O)CCNC(C)=O)CC1. The van der Waals surface area contributed by atoms with E-state index in [1.807, 2.05) is 4.90 Å². The minimum Gasteiger partial charge on any atom is -0.356 e. The van der Waals surface area contributed by atoms with Gasteiger partial charge in [0, 0.05) is 33.0 Å². The van der Waals surface area contributed by atoms with Crippen LogP contribution < -0.4 is 5.32 Å². The van der Waals surface area contributed by atoms with Gasteiger partial charge in [0.25, 0.3) is 0 Å². The van der Waals surface area contributed by atoms with Crippen LogP contribution in [0.1, 0.15) is 39.5 Å². The predicted octanol–water partition coefficient (Wildman–Crippen LogP) is 1.16. The van der Waals surface area contributed by atoms with Crippen LogP contribution in [-0.2, 0) is 9.59 Å². The minimum atomic E-state index is -0.0718. The molecule has 0 aromatic rings. The van der Waals surface area contributed by atoms with E-state index >= 15 is 0 Å². The van der Waals surface area contributed by atoms with Gasteiger partial charge in [-0.15, -0.1) is 0 Å². The number of nitrogens with one attached hydrogen (secondary N) is 1. The Kier molecular flexibility index (Phi) is 5.29. The van der Waals surface area contributed by atoms with E-state index in [1.54, 1.807) is 0 Å². The fraction of sp³-hybridized carbons (Fsp3) is 0.833. The van der Waals surface area contributed by atoms with E-state index in [-0.39, 0.29) is 11.8 Å². The summed E-state index contributed by atoms with van der Waals surface area (Å²) < 4.78 is 0. The van der Waals surface area contributed by atoms with Crippen molar-refractivity contribution in [2.75, 3.05) is 19.6 Å². The number of rotatable bonds is 4. The topological polar surface area (TPSA) is 49.4 Å². The van der Waals surface area contributed by atoms with Crippen molar-refractivity contribution in [3.8, 4) is 0 Å². The molecule has 2 amide bonds. The molecule has 16 heavy (non-hydrogen) atoms. The quantitative estimate of drug-likeness (QED) is 0.782. The highest BCUT2D eigenvalue weighted by Crippen LogP contribution is 2.20. The highest BCUT2D eigenvalue weighted by molar-refractivity contribution is 5.78. The first-order chi connectivity index (χ1) is 7.63. The molecule has 0 atom stereocenters. The number of hydrogen-bond acceptors (Lipinski definition) is 2. The van der Waals surface area contributed by atoms with Gasteiger partial charge in [0.15, 0.2) is 0 Å². The Morgan fingerprint density at radius 2 is 1.94 bits per heavy atom. The first kappa shape index (κ1) is 13.0. The van der Waals surface area contributed by atoms with Crippen LogP contribution >= 0.6 is 0 Å². The van der Waals surface area contributed by atoms with Gasteiger partial charge in [-0.1, -0.05) is 13.3 Å². The second-order valence-electron chi connectivity index (χ2n) is 4.47. The molecule has 0 aromatic heterocycles. The van der Waals surface area contributed by atoms with Crippen LogP contribution in [0.2, 0.25) is 0 Å². The second-order valence-corrected chi connectivity index (χ2v) is 4.47. The summed E-state index contributed by atoms with van der Waals surface area (Å²) in [4.78, 5) is 24.3. The molecule has 1 saturated heterocycles. The third-order valence-corrected chi connectivity index (χ3v) is 3.26. The van der Waals surface area contributed by atoms with Gasteiger partial charge in [-0.05, 0) is 18.8 Å². The summed E-state index contributed by atoms with van der Waals surface area (Å²) in [5, 5.41) is 2.65. The molecule has 0 aliphatic carbocycles. The molecule has 92 valence electrons. The summed E-state index contributed by atoms with van der Waals surface area (Å²) in [5.74, 6) is 0.889. The maximum absolute atomic E-state index is 11.7. The predicted molar refractivity (Wildman–Crippen MR) is 62.9 cm³/mol. The van der Waals surface area contributed by atoms with Gasteiger partial charge in [-0.3, -0.25) is 9.59 Å². The Bertz CT molecular complexity index is 245. The molecule has 0 radical (unpaired) electrons.